The molecule has 3 nitrogen and oxygen atoms in total. The largest absolute Gasteiger partial charge is 0.308 e. The molecule has 1 fully saturated rings. The van der Waals surface area contributed by atoms with Crippen molar-refractivity contribution in [1.82, 2.24) is 15.3 Å². The molecular weight excluding hydrogens is 174 g/mol. The average Bonchev–Trinajstić information content (AvgIpc) is 2.99. The zero-order chi connectivity index (χ0) is 9.97. The van der Waals surface area contributed by atoms with Gasteiger partial charge in [-0.15, -0.1) is 0 Å². The topological polar surface area (TPSA) is 37.8 Å². The van der Waals surface area contributed by atoms with Gasteiger partial charge in [0.05, 0.1) is 5.69 Å². The third kappa shape index (κ3) is 2.51. The molecule has 1 aromatic rings. The van der Waals surface area contributed by atoms with E-state index in [1.165, 1.54) is 12.8 Å². The second-order valence-electron chi connectivity index (χ2n) is 4.22. The molecule has 1 aromatic heterocycles. The van der Waals surface area contributed by atoms with E-state index in [-0.39, 0.29) is 0 Å². The van der Waals surface area contributed by atoms with E-state index in [0.29, 0.717) is 5.92 Å². The highest BCUT2D eigenvalue weighted by molar-refractivity contribution is 5.05. The van der Waals surface area contributed by atoms with Crippen LogP contribution in [0, 0.1) is 0 Å². The third-order valence-electron chi connectivity index (χ3n) is 2.40. The van der Waals surface area contributed by atoms with Crippen molar-refractivity contribution in [2.24, 2.45) is 0 Å². The van der Waals surface area contributed by atoms with Gasteiger partial charge in [-0.05, 0) is 18.9 Å². The summed E-state index contributed by atoms with van der Waals surface area (Å²) in [6, 6.07) is 2.73. The molecule has 0 bridgehead atoms. The van der Waals surface area contributed by atoms with Crippen molar-refractivity contribution in [2.75, 3.05) is 0 Å². The van der Waals surface area contributed by atoms with Gasteiger partial charge in [-0.2, -0.15) is 0 Å². The summed E-state index contributed by atoms with van der Waals surface area (Å²) in [6.07, 6.45) is 4.50. The summed E-state index contributed by atoms with van der Waals surface area (Å²) in [4.78, 5) is 8.74. The highest BCUT2D eigenvalue weighted by atomic mass is 15.0. The molecule has 0 spiro atoms. The maximum Gasteiger partial charge on any atom is 0.131 e. The predicted molar refractivity (Wildman–Crippen MR) is 56.0 cm³/mol. The Balaban J connectivity index is 1.97. The summed E-state index contributed by atoms with van der Waals surface area (Å²) < 4.78 is 0. The van der Waals surface area contributed by atoms with E-state index < -0.39 is 0 Å². The normalized spacial score (nSPS) is 16.2. The van der Waals surface area contributed by atoms with Crippen LogP contribution in [-0.2, 0) is 6.54 Å². The van der Waals surface area contributed by atoms with Crippen LogP contribution in [0.4, 0.5) is 0 Å². The molecule has 2 rings (SSSR count). The molecule has 1 aliphatic rings. The number of aromatic nitrogens is 2. The molecule has 0 atom stereocenters. The number of nitrogens with zero attached hydrogens (tertiary/aromatic N) is 2. The minimum absolute atomic E-state index is 0.413. The first-order chi connectivity index (χ1) is 6.75. The molecule has 0 radical (unpaired) electrons. The van der Waals surface area contributed by atoms with Crippen LogP contribution in [0.5, 0.6) is 0 Å². The first-order valence-electron chi connectivity index (χ1n) is 5.31. The summed E-state index contributed by atoms with van der Waals surface area (Å²) in [7, 11) is 0. The summed E-state index contributed by atoms with van der Waals surface area (Å²) in [5.74, 6) is 1.36. The van der Waals surface area contributed by atoms with Crippen molar-refractivity contribution in [3.05, 3.63) is 23.8 Å². The summed E-state index contributed by atoms with van der Waals surface area (Å²) in [5, 5.41) is 3.45. The van der Waals surface area contributed by atoms with Gasteiger partial charge < -0.3 is 5.32 Å². The third-order valence-corrected chi connectivity index (χ3v) is 2.40. The van der Waals surface area contributed by atoms with E-state index in [4.69, 9.17) is 0 Å². The molecule has 0 aromatic carbocycles. The molecule has 1 N–H and O–H groups in total. The van der Waals surface area contributed by atoms with Crippen molar-refractivity contribution >= 4 is 0 Å². The van der Waals surface area contributed by atoms with Gasteiger partial charge in [0, 0.05) is 24.7 Å². The fraction of sp³-hybridized carbons (Fsp3) is 0.636. The fourth-order valence-corrected chi connectivity index (χ4v) is 1.33. The standard InChI is InChI=1S/C11H17N3/c1-8(2)11-12-6-5-10(14-11)7-13-9-3-4-9/h5-6,8-9,13H,3-4,7H2,1-2H3. The van der Waals surface area contributed by atoms with E-state index in [0.717, 1.165) is 24.1 Å². The van der Waals surface area contributed by atoms with Gasteiger partial charge in [0.1, 0.15) is 5.82 Å². The quantitative estimate of drug-likeness (QED) is 0.789. The number of nitrogens with one attached hydrogen (secondary N) is 1. The van der Waals surface area contributed by atoms with Gasteiger partial charge in [-0.25, -0.2) is 9.97 Å². The van der Waals surface area contributed by atoms with Gasteiger partial charge in [0.25, 0.3) is 0 Å². The Morgan fingerprint density at radius 1 is 1.50 bits per heavy atom. The van der Waals surface area contributed by atoms with E-state index in [1.54, 1.807) is 0 Å². The highest BCUT2D eigenvalue weighted by Gasteiger charge is 2.20. The Morgan fingerprint density at radius 2 is 2.29 bits per heavy atom. The van der Waals surface area contributed by atoms with Crippen LogP contribution in [-0.4, -0.2) is 16.0 Å². The molecule has 3 heteroatoms. The lowest BCUT2D eigenvalue weighted by Crippen LogP contribution is -2.17. The Bertz CT molecular complexity index is 305. The van der Waals surface area contributed by atoms with Gasteiger partial charge in [-0.1, -0.05) is 13.8 Å². The Hall–Kier alpha value is -0.960. The van der Waals surface area contributed by atoms with Crippen LogP contribution < -0.4 is 5.32 Å². The van der Waals surface area contributed by atoms with E-state index in [2.05, 4.69) is 29.1 Å². The molecule has 14 heavy (non-hydrogen) atoms. The van der Waals surface area contributed by atoms with Crippen molar-refractivity contribution in [2.45, 2.75) is 45.2 Å². The second-order valence-corrected chi connectivity index (χ2v) is 4.22. The molecular formula is C11H17N3. The molecule has 0 aliphatic heterocycles. The number of hydrogen-bond donors (Lipinski definition) is 1. The Morgan fingerprint density at radius 3 is 2.93 bits per heavy atom. The highest BCUT2D eigenvalue weighted by Crippen LogP contribution is 2.19. The molecule has 0 unspecified atom stereocenters. The number of hydrogen-bond acceptors (Lipinski definition) is 3. The molecule has 0 saturated heterocycles. The molecule has 0 amide bonds. The van der Waals surface area contributed by atoms with E-state index in [1.807, 2.05) is 12.3 Å². The van der Waals surface area contributed by atoms with Gasteiger partial charge in [-0.3, -0.25) is 0 Å². The van der Waals surface area contributed by atoms with Crippen molar-refractivity contribution < 1.29 is 0 Å². The monoisotopic (exact) mass is 191 g/mol. The van der Waals surface area contributed by atoms with Gasteiger partial charge in [0.15, 0.2) is 0 Å². The van der Waals surface area contributed by atoms with Gasteiger partial charge >= 0.3 is 0 Å². The lowest BCUT2D eigenvalue weighted by molar-refractivity contribution is 0.660. The SMILES string of the molecule is CC(C)c1nccc(CNC2CC2)n1. The number of rotatable bonds is 4. The van der Waals surface area contributed by atoms with Gasteiger partial charge in [0.2, 0.25) is 0 Å². The maximum atomic E-state index is 4.50. The lowest BCUT2D eigenvalue weighted by atomic mass is 10.2. The van der Waals surface area contributed by atoms with Crippen LogP contribution in [0.25, 0.3) is 0 Å². The first kappa shape index (κ1) is 9.59. The van der Waals surface area contributed by atoms with Crippen molar-refractivity contribution in [1.29, 1.82) is 0 Å². The predicted octanol–water partition coefficient (Wildman–Crippen LogP) is 1.85. The molecule has 76 valence electrons. The van der Waals surface area contributed by atoms with Crippen LogP contribution in [0.2, 0.25) is 0 Å². The van der Waals surface area contributed by atoms with Crippen LogP contribution in [0.1, 0.15) is 44.1 Å². The van der Waals surface area contributed by atoms with Crippen LogP contribution >= 0.6 is 0 Å². The van der Waals surface area contributed by atoms with E-state index in [9.17, 15) is 0 Å². The lowest BCUT2D eigenvalue weighted by Gasteiger charge is -2.06. The average molecular weight is 191 g/mol. The molecule has 1 saturated carbocycles. The molecule has 1 heterocycles. The zero-order valence-corrected chi connectivity index (χ0v) is 8.83. The maximum absolute atomic E-state index is 4.50. The smallest absolute Gasteiger partial charge is 0.131 e. The second kappa shape index (κ2) is 4.05. The zero-order valence-electron chi connectivity index (χ0n) is 8.83. The Labute approximate surface area is 85.0 Å². The van der Waals surface area contributed by atoms with Crippen molar-refractivity contribution in [3.8, 4) is 0 Å². The van der Waals surface area contributed by atoms with E-state index >= 15 is 0 Å². The van der Waals surface area contributed by atoms with Crippen LogP contribution in [0.15, 0.2) is 12.3 Å². The fourth-order valence-electron chi connectivity index (χ4n) is 1.33. The Kier molecular flexibility index (Phi) is 2.77. The minimum atomic E-state index is 0.413. The summed E-state index contributed by atoms with van der Waals surface area (Å²) in [6.45, 7) is 5.12. The summed E-state index contributed by atoms with van der Waals surface area (Å²) >= 11 is 0. The summed E-state index contributed by atoms with van der Waals surface area (Å²) in [5.41, 5.74) is 1.11. The first-order valence-corrected chi connectivity index (χ1v) is 5.31. The van der Waals surface area contributed by atoms with Crippen LogP contribution in [0.3, 0.4) is 0 Å². The van der Waals surface area contributed by atoms with Crippen molar-refractivity contribution in [3.63, 3.8) is 0 Å². The molecule has 1 aliphatic carbocycles. The minimum Gasteiger partial charge on any atom is -0.308 e.